The van der Waals surface area contributed by atoms with Crippen LogP contribution in [-0.2, 0) is 14.9 Å². The molecule has 0 spiro atoms. The van der Waals surface area contributed by atoms with E-state index in [4.69, 9.17) is 4.55 Å². The van der Waals surface area contributed by atoms with Crippen molar-refractivity contribution in [3.05, 3.63) is 24.3 Å². The summed E-state index contributed by atoms with van der Waals surface area (Å²) in [6.45, 7) is 1.54. The fourth-order valence-electron chi connectivity index (χ4n) is 1.55. The lowest BCUT2D eigenvalue weighted by atomic mass is 10.3. The van der Waals surface area contributed by atoms with E-state index in [1.165, 1.54) is 23.2 Å². The number of ketones is 1. The summed E-state index contributed by atoms with van der Waals surface area (Å²) in [7, 11) is -4.33. The van der Waals surface area contributed by atoms with Crippen LogP contribution in [0.2, 0.25) is 0 Å². The van der Waals surface area contributed by atoms with Gasteiger partial charge in [0.05, 0.1) is 5.69 Å². The van der Waals surface area contributed by atoms with Crippen LogP contribution in [0.1, 0.15) is 6.92 Å². The second-order valence-electron chi connectivity index (χ2n) is 3.61. The number of carbonyl (C=O) groups excluding carboxylic acids is 1. The number of anilines is 1. The summed E-state index contributed by atoms with van der Waals surface area (Å²) in [5.41, 5.74) is 0.510. The summed E-state index contributed by atoms with van der Waals surface area (Å²) in [4.78, 5) is 11.1. The Balaban J connectivity index is 2.52. The number of carbonyl (C=O) groups is 1. The third kappa shape index (κ3) is 2.20. The first-order valence-electron chi connectivity index (χ1n) is 4.82. The quantitative estimate of drug-likeness (QED) is 0.785. The molecule has 1 aliphatic rings. The van der Waals surface area contributed by atoms with Crippen molar-refractivity contribution in [3.63, 3.8) is 0 Å². The Hall–Kier alpha value is -1.73. The minimum absolute atomic E-state index is 0.0155. The molecule has 1 heterocycles. The van der Waals surface area contributed by atoms with Crippen molar-refractivity contribution < 1.29 is 17.8 Å². The Morgan fingerprint density at radius 1 is 1.35 bits per heavy atom. The van der Waals surface area contributed by atoms with Gasteiger partial charge in [0.15, 0.2) is 5.78 Å². The summed E-state index contributed by atoms with van der Waals surface area (Å²) in [6.07, 6.45) is 0. The van der Waals surface area contributed by atoms with Gasteiger partial charge in [-0.25, -0.2) is 0 Å². The molecule has 6 nitrogen and oxygen atoms in total. The molecule has 0 radical (unpaired) electrons. The molecule has 1 N–H and O–H groups in total. The van der Waals surface area contributed by atoms with E-state index in [1.807, 2.05) is 0 Å². The van der Waals surface area contributed by atoms with Gasteiger partial charge in [0.25, 0.3) is 10.1 Å². The molecule has 0 fully saturated rings. The minimum Gasteiger partial charge on any atom is -0.291 e. The maximum atomic E-state index is 11.3. The first kappa shape index (κ1) is 11.7. The Morgan fingerprint density at radius 3 is 2.53 bits per heavy atom. The van der Waals surface area contributed by atoms with Gasteiger partial charge in [-0.3, -0.25) is 14.4 Å². The highest BCUT2D eigenvalue weighted by atomic mass is 32.2. The van der Waals surface area contributed by atoms with E-state index in [0.29, 0.717) is 5.71 Å². The van der Waals surface area contributed by atoms with E-state index < -0.39 is 10.1 Å². The van der Waals surface area contributed by atoms with Crippen molar-refractivity contribution in [3.8, 4) is 0 Å². The molecule has 90 valence electrons. The van der Waals surface area contributed by atoms with Gasteiger partial charge in [-0.05, 0) is 19.1 Å². The standard InChI is InChI=1S/C10H10N2O4S/c1-7-9(13)6-12(11-7)8-4-2-3-5-10(8)17(14,15)16/h2-5H,6H2,1H3,(H,14,15,16). The third-order valence-corrected chi connectivity index (χ3v) is 3.29. The van der Waals surface area contributed by atoms with E-state index in [9.17, 15) is 13.2 Å². The average molecular weight is 254 g/mol. The van der Waals surface area contributed by atoms with Crippen LogP contribution in [0.5, 0.6) is 0 Å². The lowest BCUT2D eigenvalue weighted by Crippen LogP contribution is -2.20. The summed E-state index contributed by atoms with van der Waals surface area (Å²) < 4.78 is 31.4. The zero-order chi connectivity index (χ0) is 12.6. The number of rotatable bonds is 2. The normalized spacial score (nSPS) is 16.2. The molecule has 2 rings (SSSR count). The van der Waals surface area contributed by atoms with Crippen LogP contribution in [0.4, 0.5) is 5.69 Å². The Labute approximate surface area is 98.3 Å². The number of hydrazone groups is 1. The number of para-hydroxylation sites is 1. The van der Waals surface area contributed by atoms with Crippen molar-refractivity contribution in [1.82, 2.24) is 0 Å². The summed E-state index contributed by atoms with van der Waals surface area (Å²) in [6, 6.07) is 5.84. The highest BCUT2D eigenvalue weighted by Gasteiger charge is 2.26. The van der Waals surface area contributed by atoms with E-state index in [-0.39, 0.29) is 22.9 Å². The molecule has 1 aliphatic heterocycles. The number of hydrogen-bond acceptors (Lipinski definition) is 5. The van der Waals surface area contributed by atoms with E-state index in [1.54, 1.807) is 13.0 Å². The number of Topliss-reactive ketones (excluding diaryl/α,β-unsaturated/α-hetero) is 1. The molecule has 0 unspecified atom stereocenters. The SMILES string of the molecule is CC1=NN(c2ccccc2S(=O)(=O)O)CC1=O. The Morgan fingerprint density at radius 2 is 2.00 bits per heavy atom. The van der Waals surface area contributed by atoms with Gasteiger partial charge >= 0.3 is 0 Å². The van der Waals surface area contributed by atoms with Crippen molar-refractivity contribution in [2.75, 3.05) is 11.6 Å². The average Bonchev–Trinajstić information content (AvgIpc) is 2.58. The van der Waals surface area contributed by atoms with Gasteiger partial charge in [-0.1, -0.05) is 12.1 Å². The first-order valence-corrected chi connectivity index (χ1v) is 6.26. The fraction of sp³-hybridized carbons (Fsp3) is 0.200. The fourth-order valence-corrected chi connectivity index (χ4v) is 2.24. The zero-order valence-electron chi connectivity index (χ0n) is 8.99. The van der Waals surface area contributed by atoms with Gasteiger partial charge in [-0.2, -0.15) is 13.5 Å². The second-order valence-corrected chi connectivity index (χ2v) is 5.00. The molecule has 1 aromatic rings. The summed E-state index contributed by atoms with van der Waals surface area (Å²) in [5, 5.41) is 5.20. The molecule has 0 saturated heterocycles. The van der Waals surface area contributed by atoms with E-state index in [0.717, 1.165) is 0 Å². The van der Waals surface area contributed by atoms with Gasteiger partial charge in [0.1, 0.15) is 17.2 Å². The number of hydrogen-bond donors (Lipinski definition) is 1. The second kappa shape index (κ2) is 3.94. The van der Waals surface area contributed by atoms with E-state index >= 15 is 0 Å². The lowest BCUT2D eigenvalue weighted by Gasteiger charge is -2.15. The Bertz CT molecular complexity index is 606. The lowest BCUT2D eigenvalue weighted by molar-refractivity contribution is -0.111. The first-order chi connectivity index (χ1) is 7.89. The molecule has 0 aromatic heterocycles. The van der Waals surface area contributed by atoms with Gasteiger partial charge < -0.3 is 0 Å². The Kier molecular flexibility index (Phi) is 2.72. The highest BCUT2D eigenvalue weighted by molar-refractivity contribution is 7.86. The molecular formula is C10H10N2O4S. The number of benzene rings is 1. The molecule has 0 amide bonds. The maximum absolute atomic E-state index is 11.3. The van der Waals surface area contributed by atoms with Crippen LogP contribution in [0.15, 0.2) is 34.3 Å². The smallest absolute Gasteiger partial charge is 0.291 e. The van der Waals surface area contributed by atoms with E-state index in [2.05, 4.69) is 5.10 Å². The monoisotopic (exact) mass is 254 g/mol. The van der Waals surface area contributed by atoms with Gasteiger partial charge in [0, 0.05) is 0 Å². The largest absolute Gasteiger partial charge is 0.296 e. The molecule has 0 saturated carbocycles. The third-order valence-electron chi connectivity index (χ3n) is 2.39. The zero-order valence-corrected chi connectivity index (χ0v) is 9.81. The number of nitrogens with zero attached hydrogens (tertiary/aromatic N) is 2. The van der Waals surface area contributed by atoms with Crippen LogP contribution < -0.4 is 5.01 Å². The predicted octanol–water partition coefficient (Wildman–Crippen LogP) is 0.698. The van der Waals surface area contributed by atoms with Crippen LogP contribution in [0, 0.1) is 0 Å². The van der Waals surface area contributed by atoms with Crippen molar-refractivity contribution in [1.29, 1.82) is 0 Å². The maximum Gasteiger partial charge on any atom is 0.296 e. The summed E-state index contributed by atoms with van der Waals surface area (Å²) >= 11 is 0. The molecule has 0 bridgehead atoms. The van der Waals surface area contributed by atoms with Crippen LogP contribution in [0.25, 0.3) is 0 Å². The minimum atomic E-state index is -4.33. The highest BCUT2D eigenvalue weighted by Crippen LogP contribution is 2.26. The van der Waals surface area contributed by atoms with Crippen molar-refractivity contribution in [2.45, 2.75) is 11.8 Å². The van der Waals surface area contributed by atoms with Gasteiger partial charge in [0.2, 0.25) is 0 Å². The summed E-state index contributed by atoms with van der Waals surface area (Å²) in [5.74, 6) is -0.171. The molecule has 17 heavy (non-hydrogen) atoms. The van der Waals surface area contributed by atoms with Crippen LogP contribution in [-0.4, -0.2) is 31.0 Å². The van der Waals surface area contributed by atoms with Crippen molar-refractivity contribution in [2.24, 2.45) is 5.10 Å². The molecular weight excluding hydrogens is 244 g/mol. The molecule has 1 aromatic carbocycles. The topological polar surface area (TPSA) is 87.0 Å². The van der Waals surface area contributed by atoms with Gasteiger partial charge in [-0.15, -0.1) is 0 Å². The molecule has 7 heteroatoms. The molecule has 0 aliphatic carbocycles. The van der Waals surface area contributed by atoms with Crippen molar-refractivity contribution >= 4 is 27.3 Å². The molecule has 0 atom stereocenters. The van der Waals surface area contributed by atoms with Crippen LogP contribution in [0.3, 0.4) is 0 Å². The van der Waals surface area contributed by atoms with Crippen LogP contribution >= 0.6 is 0 Å². The predicted molar refractivity (Wildman–Crippen MR) is 61.7 cm³/mol.